The molecule has 6 nitrogen and oxygen atoms in total. The third-order valence-electron chi connectivity index (χ3n) is 3.33. The first-order valence-corrected chi connectivity index (χ1v) is 7.47. The molecule has 6 heteroatoms. The molecule has 2 amide bonds. The summed E-state index contributed by atoms with van der Waals surface area (Å²) in [6, 6.07) is 14.7. The largest absolute Gasteiger partial charge is 0.497 e. The highest BCUT2D eigenvalue weighted by Crippen LogP contribution is 2.24. The van der Waals surface area contributed by atoms with Gasteiger partial charge >= 0.3 is 6.09 Å². The predicted octanol–water partition coefficient (Wildman–Crippen LogP) is 3.65. The number of amides is 2. The lowest BCUT2D eigenvalue weighted by Crippen LogP contribution is -2.18. The van der Waals surface area contributed by atoms with Crippen LogP contribution in [0.1, 0.15) is 5.56 Å². The number of cyclic esters (lactones) is 1. The van der Waals surface area contributed by atoms with E-state index in [9.17, 15) is 9.59 Å². The van der Waals surface area contributed by atoms with Crippen LogP contribution in [-0.4, -0.2) is 19.1 Å². The normalized spacial score (nSPS) is 15.3. The zero-order valence-corrected chi connectivity index (χ0v) is 13.4. The van der Waals surface area contributed by atoms with Gasteiger partial charge < -0.3 is 14.2 Å². The van der Waals surface area contributed by atoms with Crippen LogP contribution in [0.3, 0.4) is 0 Å². The summed E-state index contributed by atoms with van der Waals surface area (Å²) in [7, 11) is 1.61. The Morgan fingerprint density at radius 1 is 1.00 bits per heavy atom. The molecular weight excluding hydrogens is 322 g/mol. The number of alkyl carbamates (subject to hydrolysis) is 1. The first-order chi connectivity index (χ1) is 12.1. The Morgan fingerprint density at radius 2 is 1.76 bits per heavy atom. The Labute approximate surface area is 144 Å². The molecule has 0 saturated carbocycles. The molecule has 126 valence electrons. The molecule has 1 aliphatic heterocycles. The smallest absolute Gasteiger partial charge is 0.419 e. The zero-order chi connectivity index (χ0) is 17.6. The van der Waals surface area contributed by atoms with Gasteiger partial charge in [0, 0.05) is 0 Å². The Kier molecular flexibility index (Phi) is 4.80. The Bertz CT molecular complexity index is 852. The number of methoxy groups -OCH3 is 1. The van der Waals surface area contributed by atoms with Crippen LogP contribution in [0.2, 0.25) is 0 Å². The van der Waals surface area contributed by atoms with Gasteiger partial charge in [0.2, 0.25) is 0 Å². The van der Waals surface area contributed by atoms with Crippen LogP contribution in [0.4, 0.5) is 4.79 Å². The highest BCUT2D eigenvalue weighted by Gasteiger charge is 2.25. The first kappa shape index (κ1) is 16.3. The van der Waals surface area contributed by atoms with Crippen molar-refractivity contribution in [2.75, 3.05) is 7.11 Å². The molecule has 0 unspecified atom stereocenters. The minimum absolute atomic E-state index is 0.0353. The van der Waals surface area contributed by atoms with Crippen molar-refractivity contribution < 1.29 is 23.8 Å². The second kappa shape index (κ2) is 7.35. The van der Waals surface area contributed by atoms with Crippen LogP contribution in [0.25, 0.3) is 6.08 Å². The average molecular weight is 337 g/mol. The number of carbonyl (C=O) groups excluding carboxylic acids is 2. The molecule has 0 radical (unpaired) electrons. The summed E-state index contributed by atoms with van der Waals surface area (Å²) >= 11 is 0. The number of hydrogen-bond acceptors (Lipinski definition) is 5. The highest BCUT2D eigenvalue weighted by molar-refractivity contribution is 6.07. The minimum Gasteiger partial charge on any atom is -0.497 e. The molecular formula is C19H15NO5. The molecule has 0 spiro atoms. The number of rotatable bonds is 5. The maximum Gasteiger partial charge on any atom is 0.419 e. The van der Waals surface area contributed by atoms with Crippen molar-refractivity contribution in [2.24, 2.45) is 0 Å². The van der Waals surface area contributed by atoms with Gasteiger partial charge in [-0.2, -0.15) is 0 Å². The van der Waals surface area contributed by atoms with Crippen molar-refractivity contribution in [3.8, 4) is 17.2 Å². The maximum absolute atomic E-state index is 11.3. The fraction of sp³-hybridized carbons (Fsp3) is 0.0526. The quantitative estimate of drug-likeness (QED) is 0.843. The number of imide groups is 1. The second-order valence-corrected chi connectivity index (χ2v) is 5.08. The van der Waals surface area contributed by atoms with Gasteiger partial charge in [-0.05, 0) is 48.0 Å². The molecule has 0 aliphatic carbocycles. The number of benzene rings is 2. The highest BCUT2D eigenvalue weighted by atomic mass is 16.6. The Balaban J connectivity index is 1.68. The summed E-state index contributed by atoms with van der Waals surface area (Å²) in [6.45, 7) is 0. The molecule has 2 aromatic carbocycles. The number of allylic oxidation sites excluding steroid dienone is 2. The predicted molar refractivity (Wildman–Crippen MR) is 91.3 cm³/mol. The third-order valence-corrected chi connectivity index (χ3v) is 3.33. The lowest BCUT2D eigenvalue weighted by Gasteiger charge is -2.07. The van der Waals surface area contributed by atoms with Crippen LogP contribution in [0.15, 0.2) is 66.4 Å². The number of nitrogens with one attached hydrogen (secondary N) is 1. The summed E-state index contributed by atoms with van der Waals surface area (Å²) in [5, 5.41) is 2.03. The minimum atomic E-state index is -0.764. The van der Waals surface area contributed by atoms with Crippen LogP contribution in [0.5, 0.6) is 17.2 Å². The van der Waals surface area contributed by atoms with Crippen molar-refractivity contribution in [3.63, 3.8) is 0 Å². The van der Waals surface area contributed by atoms with Gasteiger partial charge in [0.1, 0.15) is 17.2 Å². The van der Waals surface area contributed by atoms with Gasteiger partial charge in [-0.15, -0.1) is 0 Å². The Morgan fingerprint density at radius 3 is 2.44 bits per heavy atom. The summed E-state index contributed by atoms with van der Waals surface area (Å²) < 4.78 is 15.6. The molecule has 1 aliphatic rings. The van der Waals surface area contributed by atoms with Crippen LogP contribution >= 0.6 is 0 Å². The third kappa shape index (κ3) is 4.26. The number of hydrogen-bond donors (Lipinski definition) is 1. The summed E-state index contributed by atoms with van der Waals surface area (Å²) in [5.74, 6) is 1.54. The molecule has 0 atom stereocenters. The van der Waals surface area contributed by atoms with Crippen molar-refractivity contribution >= 4 is 18.1 Å². The molecule has 1 fully saturated rings. The zero-order valence-electron chi connectivity index (χ0n) is 13.4. The summed E-state index contributed by atoms with van der Waals surface area (Å²) in [6.07, 6.45) is 4.06. The summed E-state index contributed by atoms with van der Waals surface area (Å²) in [4.78, 5) is 22.3. The maximum atomic E-state index is 11.3. The van der Waals surface area contributed by atoms with Gasteiger partial charge in [0.05, 0.1) is 7.11 Å². The van der Waals surface area contributed by atoms with E-state index in [0.29, 0.717) is 11.5 Å². The fourth-order valence-electron chi connectivity index (χ4n) is 2.14. The van der Waals surface area contributed by atoms with Crippen molar-refractivity contribution in [2.45, 2.75) is 0 Å². The Hall–Kier alpha value is -3.54. The van der Waals surface area contributed by atoms with E-state index in [1.54, 1.807) is 19.3 Å². The van der Waals surface area contributed by atoms with Gasteiger partial charge in [-0.1, -0.05) is 24.3 Å². The number of ether oxygens (including phenoxy) is 3. The van der Waals surface area contributed by atoms with E-state index < -0.39 is 12.0 Å². The van der Waals surface area contributed by atoms with Crippen molar-refractivity contribution in [3.05, 3.63) is 72.0 Å². The second-order valence-electron chi connectivity index (χ2n) is 5.08. The molecule has 1 saturated heterocycles. The molecule has 2 aromatic rings. The van der Waals surface area contributed by atoms with E-state index in [0.717, 1.165) is 11.3 Å². The van der Waals surface area contributed by atoms with E-state index in [1.807, 2.05) is 53.8 Å². The van der Waals surface area contributed by atoms with Gasteiger partial charge in [0.25, 0.3) is 5.91 Å². The van der Waals surface area contributed by atoms with E-state index >= 15 is 0 Å². The lowest BCUT2D eigenvalue weighted by atomic mass is 10.2. The van der Waals surface area contributed by atoms with Crippen LogP contribution in [-0.2, 0) is 9.53 Å². The van der Waals surface area contributed by atoms with Gasteiger partial charge in [0.15, 0.2) is 5.76 Å². The molecule has 3 rings (SSSR count). The van der Waals surface area contributed by atoms with E-state index in [2.05, 4.69) is 0 Å². The van der Waals surface area contributed by atoms with E-state index in [4.69, 9.17) is 14.2 Å². The summed E-state index contributed by atoms with van der Waals surface area (Å²) in [5.41, 5.74) is 0.868. The molecule has 25 heavy (non-hydrogen) atoms. The molecule has 0 bridgehead atoms. The van der Waals surface area contributed by atoms with E-state index in [1.165, 1.54) is 6.08 Å². The first-order valence-electron chi connectivity index (χ1n) is 7.47. The number of carbonyl (C=O) groups is 2. The van der Waals surface area contributed by atoms with Crippen molar-refractivity contribution in [1.82, 2.24) is 5.32 Å². The van der Waals surface area contributed by atoms with Crippen LogP contribution in [0, 0.1) is 0 Å². The van der Waals surface area contributed by atoms with Crippen molar-refractivity contribution in [1.29, 1.82) is 0 Å². The average Bonchev–Trinajstić information content (AvgIpc) is 2.93. The standard InChI is InChI=1S/C19H15NO5/c1-23-14-8-10-15(11-9-14)24-16-6-2-4-13(12-16)5-3-7-17-18(21)20-19(22)25-17/h2-12H,1H3,(H,20,21,22). The molecule has 1 heterocycles. The van der Waals surface area contributed by atoms with E-state index in [-0.39, 0.29) is 5.76 Å². The van der Waals surface area contributed by atoms with Gasteiger partial charge in [-0.3, -0.25) is 10.1 Å². The topological polar surface area (TPSA) is 73.9 Å². The van der Waals surface area contributed by atoms with Crippen LogP contribution < -0.4 is 14.8 Å². The molecule has 0 aromatic heterocycles. The molecule has 1 N–H and O–H groups in total. The monoisotopic (exact) mass is 337 g/mol. The fourth-order valence-corrected chi connectivity index (χ4v) is 2.14. The van der Waals surface area contributed by atoms with Gasteiger partial charge in [-0.25, -0.2) is 4.79 Å². The SMILES string of the molecule is COc1ccc(Oc2cccc(C=CC=C3OC(=O)NC3=O)c2)cc1. The lowest BCUT2D eigenvalue weighted by molar-refractivity contribution is -0.116.